The number of nitrogens with zero attached hydrogens (tertiary/aromatic N) is 2. The molecule has 1 aliphatic carbocycles. The number of hydrogen-bond donors (Lipinski definition) is 0. The average Bonchev–Trinajstić information content (AvgIpc) is 2.67. The number of amides is 1. The zero-order valence-electron chi connectivity index (χ0n) is 16.7. The maximum Gasteiger partial charge on any atom is 0.269 e. The van der Waals surface area contributed by atoms with Gasteiger partial charge in [0.2, 0.25) is 5.91 Å². The minimum absolute atomic E-state index is 0.0239. The standard InChI is InChI=1S/C23H21FN2O4/c1-23(2)12-19-22(20(27)13-23)18(14-3-7-17(8-4-14)26(29)30)11-21(28)25(19)16-9-5-15(24)6-10-16/h3-10,18H,11-13H2,1-2H3. The van der Waals surface area contributed by atoms with Crippen molar-refractivity contribution in [3.63, 3.8) is 0 Å². The largest absolute Gasteiger partial charge is 0.294 e. The van der Waals surface area contributed by atoms with Gasteiger partial charge in [-0.1, -0.05) is 26.0 Å². The van der Waals surface area contributed by atoms with Crippen molar-refractivity contribution >= 4 is 23.1 Å². The summed E-state index contributed by atoms with van der Waals surface area (Å²) >= 11 is 0. The van der Waals surface area contributed by atoms with Gasteiger partial charge in [-0.25, -0.2) is 4.39 Å². The van der Waals surface area contributed by atoms with Crippen molar-refractivity contribution in [3.8, 4) is 0 Å². The summed E-state index contributed by atoms with van der Waals surface area (Å²) in [4.78, 5) is 38.4. The van der Waals surface area contributed by atoms with E-state index in [-0.39, 0.29) is 29.2 Å². The number of benzene rings is 2. The molecule has 1 atom stereocenters. The van der Waals surface area contributed by atoms with E-state index in [1.54, 1.807) is 12.1 Å². The lowest BCUT2D eigenvalue weighted by Crippen LogP contribution is -2.43. The maximum atomic E-state index is 13.4. The Morgan fingerprint density at radius 3 is 2.27 bits per heavy atom. The molecule has 2 aromatic carbocycles. The monoisotopic (exact) mass is 408 g/mol. The molecule has 1 heterocycles. The second kappa shape index (κ2) is 7.16. The van der Waals surface area contributed by atoms with E-state index < -0.39 is 16.7 Å². The Labute approximate surface area is 173 Å². The van der Waals surface area contributed by atoms with E-state index in [4.69, 9.17) is 0 Å². The number of rotatable bonds is 3. The number of hydrogen-bond acceptors (Lipinski definition) is 4. The molecule has 7 heteroatoms. The van der Waals surface area contributed by atoms with Gasteiger partial charge < -0.3 is 0 Å². The topological polar surface area (TPSA) is 80.5 Å². The van der Waals surface area contributed by atoms with Crippen LogP contribution in [0, 0.1) is 21.3 Å². The van der Waals surface area contributed by atoms with Crippen LogP contribution in [0.2, 0.25) is 0 Å². The highest BCUT2D eigenvalue weighted by molar-refractivity contribution is 6.07. The average molecular weight is 408 g/mol. The van der Waals surface area contributed by atoms with Gasteiger partial charge in [0.25, 0.3) is 5.69 Å². The van der Waals surface area contributed by atoms with E-state index in [0.29, 0.717) is 35.4 Å². The normalized spacial score (nSPS) is 20.9. The van der Waals surface area contributed by atoms with Crippen LogP contribution in [-0.4, -0.2) is 16.6 Å². The van der Waals surface area contributed by atoms with E-state index in [9.17, 15) is 24.1 Å². The van der Waals surface area contributed by atoms with Gasteiger partial charge in [-0.05, 0) is 41.7 Å². The van der Waals surface area contributed by atoms with Gasteiger partial charge >= 0.3 is 0 Å². The van der Waals surface area contributed by atoms with Crippen LogP contribution in [0.4, 0.5) is 15.8 Å². The first-order valence-corrected chi connectivity index (χ1v) is 9.75. The van der Waals surface area contributed by atoms with Crippen molar-refractivity contribution < 1.29 is 18.9 Å². The number of nitro benzene ring substituents is 1. The Kier molecular flexibility index (Phi) is 4.76. The van der Waals surface area contributed by atoms with Crippen molar-refractivity contribution in [1.82, 2.24) is 0 Å². The molecule has 1 amide bonds. The molecule has 2 aromatic rings. The summed E-state index contributed by atoms with van der Waals surface area (Å²) in [6.45, 7) is 3.97. The van der Waals surface area contributed by atoms with Gasteiger partial charge in [0.05, 0.1) is 4.92 Å². The van der Waals surface area contributed by atoms with E-state index in [1.165, 1.54) is 41.3 Å². The summed E-state index contributed by atoms with van der Waals surface area (Å²) < 4.78 is 13.4. The summed E-state index contributed by atoms with van der Waals surface area (Å²) in [7, 11) is 0. The second-order valence-corrected chi connectivity index (χ2v) is 8.61. The number of halogens is 1. The van der Waals surface area contributed by atoms with Crippen LogP contribution in [-0.2, 0) is 9.59 Å². The third-order valence-corrected chi connectivity index (χ3v) is 5.73. The summed E-state index contributed by atoms with van der Waals surface area (Å²) in [5.74, 6) is -1.06. The number of Topliss-reactive ketones (excluding diaryl/α,β-unsaturated/α-hetero) is 1. The van der Waals surface area contributed by atoms with Gasteiger partial charge in [-0.2, -0.15) is 0 Å². The molecule has 0 bridgehead atoms. The molecule has 0 fully saturated rings. The van der Waals surface area contributed by atoms with Crippen LogP contribution >= 0.6 is 0 Å². The molecular formula is C23H21FN2O4. The Morgan fingerprint density at radius 2 is 1.67 bits per heavy atom. The highest BCUT2D eigenvalue weighted by atomic mass is 19.1. The highest BCUT2D eigenvalue weighted by Crippen LogP contribution is 2.48. The molecule has 4 rings (SSSR count). The third kappa shape index (κ3) is 3.51. The lowest BCUT2D eigenvalue weighted by Gasteiger charge is -2.43. The van der Waals surface area contributed by atoms with E-state index in [1.807, 2.05) is 13.8 Å². The molecule has 0 N–H and O–H groups in total. The smallest absolute Gasteiger partial charge is 0.269 e. The molecule has 0 saturated heterocycles. The van der Waals surface area contributed by atoms with Crippen molar-refractivity contribution in [2.75, 3.05) is 4.90 Å². The predicted octanol–water partition coefficient (Wildman–Crippen LogP) is 4.90. The van der Waals surface area contributed by atoms with Crippen LogP contribution in [0.15, 0.2) is 59.8 Å². The van der Waals surface area contributed by atoms with Crippen LogP contribution in [0.3, 0.4) is 0 Å². The van der Waals surface area contributed by atoms with Gasteiger partial charge in [0.1, 0.15) is 5.82 Å². The number of anilines is 1. The predicted molar refractivity (Wildman–Crippen MR) is 109 cm³/mol. The van der Waals surface area contributed by atoms with E-state index >= 15 is 0 Å². The Bertz CT molecular complexity index is 1070. The minimum Gasteiger partial charge on any atom is -0.294 e. The number of allylic oxidation sites excluding steroid dienone is 2. The van der Waals surface area contributed by atoms with Gasteiger partial charge in [-0.15, -0.1) is 0 Å². The zero-order valence-corrected chi connectivity index (χ0v) is 16.7. The molecule has 1 aliphatic heterocycles. The Hall–Kier alpha value is -3.35. The first-order chi connectivity index (χ1) is 14.2. The number of carbonyl (C=O) groups excluding carboxylic acids is 2. The first-order valence-electron chi connectivity index (χ1n) is 9.75. The zero-order chi connectivity index (χ0) is 21.6. The highest BCUT2D eigenvalue weighted by Gasteiger charge is 2.44. The SMILES string of the molecule is CC1(C)CC(=O)C2=C(C1)N(c1ccc(F)cc1)C(=O)CC2c1ccc([N+](=O)[O-])cc1. The Morgan fingerprint density at radius 1 is 1.03 bits per heavy atom. The van der Waals surface area contributed by atoms with Gasteiger partial charge in [0.15, 0.2) is 5.78 Å². The maximum absolute atomic E-state index is 13.4. The summed E-state index contributed by atoms with van der Waals surface area (Å²) in [5, 5.41) is 11.0. The number of nitro groups is 1. The molecule has 0 radical (unpaired) electrons. The van der Waals surface area contributed by atoms with Crippen LogP contribution in [0.5, 0.6) is 0 Å². The fourth-order valence-electron chi connectivity index (χ4n) is 4.42. The van der Waals surface area contributed by atoms with E-state index in [0.717, 1.165) is 0 Å². The molecule has 154 valence electrons. The number of non-ortho nitro benzene ring substituents is 1. The summed E-state index contributed by atoms with van der Waals surface area (Å²) in [6, 6.07) is 11.7. The fourth-order valence-corrected chi connectivity index (χ4v) is 4.42. The van der Waals surface area contributed by atoms with E-state index in [2.05, 4.69) is 0 Å². The minimum atomic E-state index is -0.481. The number of carbonyl (C=O) groups is 2. The quantitative estimate of drug-likeness (QED) is 0.535. The van der Waals surface area contributed by atoms with Crippen molar-refractivity contribution in [3.05, 3.63) is 81.3 Å². The van der Waals surface area contributed by atoms with Crippen molar-refractivity contribution in [1.29, 1.82) is 0 Å². The molecule has 6 nitrogen and oxygen atoms in total. The molecular weight excluding hydrogens is 387 g/mol. The lowest BCUT2D eigenvalue weighted by atomic mass is 9.69. The molecule has 0 saturated carbocycles. The molecule has 2 aliphatic rings. The van der Waals surface area contributed by atoms with Crippen molar-refractivity contribution in [2.45, 2.75) is 39.0 Å². The number of ketones is 1. The summed E-state index contributed by atoms with van der Waals surface area (Å²) in [5.41, 5.74) is 2.09. The Balaban J connectivity index is 1.85. The molecule has 1 unspecified atom stereocenters. The summed E-state index contributed by atoms with van der Waals surface area (Å²) in [6.07, 6.45) is 0.960. The lowest BCUT2D eigenvalue weighted by molar-refractivity contribution is -0.384. The van der Waals surface area contributed by atoms with Gasteiger partial charge in [0, 0.05) is 47.8 Å². The second-order valence-electron chi connectivity index (χ2n) is 8.61. The van der Waals surface area contributed by atoms with Crippen LogP contribution in [0.25, 0.3) is 0 Å². The molecule has 0 aromatic heterocycles. The van der Waals surface area contributed by atoms with Crippen LogP contribution < -0.4 is 4.90 Å². The van der Waals surface area contributed by atoms with Crippen LogP contribution in [0.1, 0.15) is 44.6 Å². The fraction of sp³-hybridized carbons (Fsp3) is 0.304. The third-order valence-electron chi connectivity index (χ3n) is 5.73. The first kappa shape index (κ1) is 19.9. The van der Waals surface area contributed by atoms with Gasteiger partial charge in [-0.3, -0.25) is 24.6 Å². The molecule has 30 heavy (non-hydrogen) atoms. The van der Waals surface area contributed by atoms with Crippen molar-refractivity contribution in [2.24, 2.45) is 5.41 Å². The molecule has 0 spiro atoms.